The normalized spacial score (nSPS) is 10.4. The molecule has 0 atom stereocenters. The zero-order valence-corrected chi connectivity index (χ0v) is 12.0. The van der Waals surface area contributed by atoms with Crippen molar-refractivity contribution in [2.45, 2.75) is 6.92 Å². The van der Waals surface area contributed by atoms with Crippen molar-refractivity contribution in [2.75, 3.05) is 11.1 Å². The van der Waals surface area contributed by atoms with Gasteiger partial charge in [-0.3, -0.25) is 4.79 Å². The lowest BCUT2D eigenvalue weighted by Crippen LogP contribution is -2.07. The molecule has 3 N–H and O–H groups in total. The summed E-state index contributed by atoms with van der Waals surface area (Å²) in [6.45, 7) is 1.43. The monoisotopic (exact) mass is 293 g/mol. The Morgan fingerprint density at radius 2 is 1.91 bits per heavy atom. The predicted octanol–water partition coefficient (Wildman–Crippen LogP) is 3.57. The predicted molar refractivity (Wildman–Crippen MR) is 87.0 cm³/mol. The van der Waals surface area contributed by atoms with Crippen LogP contribution in [0.4, 0.5) is 11.5 Å². The SMILES string of the molecule is CC(=O)Nc1cc(Oc2ccc(N)c3ccccc23)ccn1. The second-order valence-electron chi connectivity index (χ2n) is 4.86. The van der Waals surface area contributed by atoms with E-state index in [4.69, 9.17) is 10.5 Å². The zero-order chi connectivity index (χ0) is 15.5. The Hall–Kier alpha value is -3.08. The van der Waals surface area contributed by atoms with Gasteiger partial charge in [0.05, 0.1) is 0 Å². The highest BCUT2D eigenvalue weighted by atomic mass is 16.5. The Labute approximate surface area is 127 Å². The Morgan fingerprint density at radius 1 is 1.14 bits per heavy atom. The summed E-state index contributed by atoms with van der Waals surface area (Å²) in [5, 5.41) is 4.50. The molecule has 0 fully saturated rings. The quantitative estimate of drug-likeness (QED) is 0.724. The molecule has 0 spiro atoms. The van der Waals surface area contributed by atoms with Gasteiger partial charge in [0, 0.05) is 35.6 Å². The van der Waals surface area contributed by atoms with Crippen molar-refractivity contribution in [1.29, 1.82) is 0 Å². The molecule has 0 saturated heterocycles. The average Bonchev–Trinajstić information content (AvgIpc) is 2.50. The molecule has 2 aromatic carbocycles. The molecule has 0 aliphatic heterocycles. The van der Waals surface area contributed by atoms with E-state index in [1.54, 1.807) is 18.3 Å². The summed E-state index contributed by atoms with van der Waals surface area (Å²) in [6, 6.07) is 14.8. The third kappa shape index (κ3) is 2.83. The zero-order valence-electron chi connectivity index (χ0n) is 12.0. The number of nitrogen functional groups attached to an aromatic ring is 1. The molecule has 0 unspecified atom stereocenters. The first-order valence-electron chi connectivity index (χ1n) is 6.82. The van der Waals surface area contributed by atoms with Crippen molar-refractivity contribution in [3.63, 3.8) is 0 Å². The van der Waals surface area contributed by atoms with Gasteiger partial charge in [0.2, 0.25) is 5.91 Å². The minimum absolute atomic E-state index is 0.178. The largest absolute Gasteiger partial charge is 0.457 e. The first kappa shape index (κ1) is 13.9. The number of pyridine rings is 1. The molecule has 5 nitrogen and oxygen atoms in total. The highest BCUT2D eigenvalue weighted by Gasteiger charge is 2.07. The molecule has 0 radical (unpaired) electrons. The fraction of sp³-hybridized carbons (Fsp3) is 0.0588. The Morgan fingerprint density at radius 3 is 2.68 bits per heavy atom. The lowest BCUT2D eigenvalue weighted by molar-refractivity contribution is -0.114. The third-order valence-electron chi connectivity index (χ3n) is 3.18. The third-order valence-corrected chi connectivity index (χ3v) is 3.18. The van der Waals surface area contributed by atoms with Crippen molar-refractivity contribution < 1.29 is 9.53 Å². The van der Waals surface area contributed by atoms with Crippen molar-refractivity contribution in [3.8, 4) is 11.5 Å². The maximum atomic E-state index is 11.1. The number of carbonyl (C=O) groups is 1. The van der Waals surface area contributed by atoms with Gasteiger partial charge in [-0.05, 0) is 18.2 Å². The van der Waals surface area contributed by atoms with E-state index in [9.17, 15) is 4.79 Å². The van der Waals surface area contributed by atoms with Crippen molar-refractivity contribution in [2.24, 2.45) is 0 Å². The van der Waals surface area contributed by atoms with Crippen LogP contribution in [0.5, 0.6) is 11.5 Å². The second-order valence-corrected chi connectivity index (χ2v) is 4.86. The minimum Gasteiger partial charge on any atom is -0.457 e. The Balaban J connectivity index is 1.97. The standard InChI is InChI=1S/C17H15N3O2/c1-11(21)20-17-10-12(8-9-19-17)22-16-7-6-15(18)13-4-2-3-5-14(13)16/h2-10H,18H2,1H3,(H,19,20,21). The summed E-state index contributed by atoms with van der Waals surface area (Å²) in [5.41, 5.74) is 6.69. The molecule has 0 aliphatic carbocycles. The molecule has 22 heavy (non-hydrogen) atoms. The van der Waals surface area contributed by atoms with E-state index in [-0.39, 0.29) is 5.91 Å². The molecular weight excluding hydrogens is 278 g/mol. The lowest BCUT2D eigenvalue weighted by Gasteiger charge is -2.11. The number of carbonyl (C=O) groups excluding carboxylic acids is 1. The molecular formula is C17H15N3O2. The van der Waals surface area contributed by atoms with E-state index < -0.39 is 0 Å². The molecule has 110 valence electrons. The van der Waals surface area contributed by atoms with Crippen LogP contribution < -0.4 is 15.8 Å². The molecule has 1 amide bonds. The number of hydrogen-bond acceptors (Lipinski definition) is 4. The molecule has 5 heteroatoms. The summed E-state index contributed by atoms with van der Waals surface area (Å²) in [5.74, 6) is 1.56. The van der Waals surface area contributed by atoms with E-state index in [1.165, 1.54) is 6.92 Å². The summed E-state index contributed by atoms with van der Waals surface area (Å²) in [4.78, 5) is 15.2. The summed E-state index contributed by atoms with van der Waals surface area (Å²) in [6.07, 6.45) is 1.58. The number of nitrogens with zero attached hydrogens (tertiary/aromatic N) is 1. The molecule has 3 aromatic rings. The second kappa shape index (κ2) is 5.73. The number of fused-ring (bicyclic) bond motifs is 1. The maximum Gasteiger partial charge on any atom is 0.222 e. The number of hydrogen-bond donors (Lipinski definition) is 2. The van der Waals surface area contributed by atoms with Crippen LogP contribution in [0.1, 0.15) is 6.92 Å². The first-order chi connectivity index (χ1) is 10.6. The van der Waals surface area contributed by atoms with Crippen LogP contribution >= 0.6 is 0 Å². The van der Waals surface area contributed by atoms with Crippen molar-refractivity contribution in [3.05, 3.63) is 54.7 Å². The molecule has 0 bridgehead atoms. The maximum absolute atomic E-state index is 11.1. The van der Waals surface area contributed by atoms with E-state index in [0.29, 0.717) is 23.0 Å². The van der Waals surface area contributed by atoms with Crippen LogP contribution in [0.15, 0.2) is 54.7 Å². The average molecular weight is 293 g/mol. The van der Waals surface area contributed by atoms with Gasteiger partial charge in [-0.1, -0.05) is 24.3 Å². The highest BCUT2D eigenvalue weighted by molar-refractivity contribution is 5.97. The number of nitrogens with two attached hydrogens (primary N) is 1. The van der Waals surface area contributed by atoms with Gasteiger partial charge in [-0.15, -0.1) is 0 Å². The molecule has 0 aliphatic rings. The smallest absolute Gasteiger partial charge is 0.222 e. The Bertz CT molecular complexity index is 846. The van der Waals surface area contributed by atoms with Gasteiger partial charge >= 0.3 is 0 Å². The minimum atomic E-state index is -0.178. The van der Waals surface area contributed by atoms with Crippen LogP contribution in [-0.2, 0) is 4.79 Å². The fourth-order valence-corrected chi connectivity index (χ4v) is 2.23. The van der Waals surface area contributed by atoms with Crippen LogP contribution in [0.25, 0.3) is 10.8 Å². The lowest BCUT2D eigenvalue weighted by atomic mass is 10.1. The number of aromatic nitrogens is 1. The number of ether oxygens (including phenoxy) is 1. The van der Waals surface area contributed by atoms with Gasteiger partial charge in [0.25, 0.3) is 0 Å². The van der Waals surface area contributed by atoms with Gasteiger partial charge in [0.15, 0.2) is 0 Å². The molecule has 0 saturated carbocycles. The van der Waals surface area contributed by atoms with E-state index in [2.05, 4.69) is 10.3 Å². The first-order valence-corrected chi connectivity index (χ1v) is 6.82. The van der Waals surface area contributed by atoms with Crippen LogP contribution in [0.3, 0.4) is 0 Å². The molecule has 1 heterocycles. The fourth-order valence-electron chi connectivity index (χ4n) is 2.23. The van der Waals surface area contributed by atoms with Gasteiger partial charge in [0.1, 0.15) is 17.3 Å². The molecule has 1 aromatic heterocycles. The van der Waals surface area contributed by atoms with Crippen LogP contribution in [-0.4, -0.2) is 10.9 Å². The summed E-state index contributed by atoms with van der Waals surface area (Å²) < 4.78 is 5.92. The van der Waals surface area contributed by atoms with E-state index in [0.717, 1.165) is 10.8 Å². The highest BCUT2D eigenvalue weighted by Crippen LogP contribution is 2.33. The van der Waals surface area contributed by atoms with Gasteiger partial charge in [-0.25, -0.2) is 4.98 Å². The Kier molecular flexibility index (Phi) is 3.62. The van der Waals surface area contributed by atoms with Gasteiger partial charge < -0.3 is 15.8 Å². The number of amides is 1. The van der Waals surface area contributed by atoms with Crippen molar-refractivity contribution in [1.82, 2.24) is 4.98 Å². The van der Waals surface area contributed by atoms with E-state index >= 15 is 0 Å². The summed E-state index contributed by atoms with van der Waals surface area (Å²) in [7, 11) is 0. The number of anilines is 2. The number of benzene rings is 2. The van der Waals surface area contributed by atoms with Crippen molar-refractivity contribution >= 4 is 28.2 Å². The van der Waals surface area contributed by atoms with Gasteiger partial charge in [-0.2, -0.15) is 0 Å². The number of rotatable bonds is 3. The number of nitrogens with one attached hydrogen (secondary N) is 1. The summed E-state index contributed by atoms with van der Waals surface area (Å²) >= 11 is 0. The molecule has 3 rings (SSSR count). The topological polar surface area (TPSA) is 77.2 Å². The van der Waals surface area contributed by atoms with Crippen LogP contribution in [0.2, 0.25) is 0 Å². The van der Waals surface area contributed by atoms with E-state index in [1.807, 2.05) is 36.4 Å². The van der Waals surface area contributed by atoms with Crippen LogP contribution in [0, 0.1) is 0 Å².